The van der Waals surface area contributed by atoms with Crippen molar-refractivity contribution in [2.45, 2.75) is 0 Å². The van der Waals surface area contributed by atoms with Gasteiger partial charge in [0.05, 0.1) is 17.5 Å². The summed E-state index contributed by atoms with van der Waals surface area (Å²) in [5.41, 5.74) is 1.45. The maximum atomic E-state index is 12.0. The predicted octanol–water partition coefficient (Wildman–Crippen LogP) is 3.68. The standard InChI is InChI=1S/C14H9IN2O2/c15-10-5-6-11(13-9(10)3-1-7-16-13)17-14(18)12-4-2-8-19-12/h1-8H,(H,17,18). The van der Waals surface area contributed by atoms with Crippen molar-refractivity contribution in [2.75, 3.05) is 5.32 Å². The zero-order chi connectivity index (χ0) is 13.2. The molecule has 1 amide bonds. The fourth-order valence-electron chi connectivity index (χ4n) is 1.83. The Morgan fingerprint density at radius 2 is 2.11 bits per heavy atom. The highest BCUT2D eigenvalue weighted by molar-refractivity contribution is 14.1. The van der Waals surface area contributed by atoms with Crippen LogP contribution in [-0.2, 0) is 0 Å². The average molecular weight is 364 g/mol. The van der Waals surface area contributed by atoms with Crippen LogP contribution in [0.25, 0.3) is 10.9 Å². The number of pyridine rings is 1. The van der Waals surface area contributed by atoms with Gasteiger partial charge in [0.25, 0.3) is 5.91 Å². The minimum Gasteiger partial charge on any atom is -0.459 e. The van der Waals surface area contributed by atoms with E-state index in [1.807, 2.05) is 24.3 Å². The lowest BCUT2D eigenvalue weighted by molar-refractivity contribution is 0.0997. The predicted molar refractivity (Wildman–Crippen MR) is 81.1 cm³/mol. The van der Waals surface area contributed by atoms with Crippen molar-refractivity contribution in [3.05, 3.63) is 58.2 Å². The monoisotopic (exact) mass is 364 g/mol. The number of benzene rings is 1. The van der Waals surface area contributed by atoms with E-state index in [1.54, 1.807) is 18.3 Å². The molecule has 0 unspecified atom stereocenters. The second-order valence-electron chi connectivity index (χ2n) is 3.93. The van der Waals surface area contributed by atoms with E-state index in [-0.39, 0.29) is 11.7 Å². The van der Waals surface area contributed by atoms with E-state index in [2.05, 4.69) is 32.9 Å². The van der Waals surface area contributed by atoms with Gasteiger partial charge in [0.1, 0.15) is 0 Å². The molecule has 5 heteroatoms. The molecule has 0 saturated heterocycles. The SMILES string of the molecule is O=C(Nc1ccc(I)c2cccnc12)c1ccco1. The number of anilines is 1. The molecular formula is C14H9IN2O2. The molecule has 0 saturated carbocycles. The van der Waals surface area contributed by atoms with Crippen LogP contribution in [0.4, 0.5) is 5.69 Å². The fourth-order valence-corrected chi connectivity index (χ4v) is 2.45. The number of fused-ring (bicyclic) bond motifs is 1. The largest absolute Gasteiger partial charge is 0.459 e. The summed E-state index contributed by atoms with van der Waals surface area (Å²) in [6.45, 7) is 0. The summed E-state index contributed by atoms with van der Waals surface area (Å²) in [4.78, 5) is 16.3. The van der Waals surface area contributed by atoms with Gasteiger partial charge in [-0.2, -0.15) is 0 Å². The molecule has 0 radical (unpaired) electrons. The van der Waals surface area contributed by atoms with Crippen LogP contribution in [0.5, 0.6) is 0 Å². The van der Waals surface area contributed by atoms with Gasteiger partial charge in [-0.3, -0.25) is 9.78 Å². The summed E-state index contributed by atoms with van der Waals surface area (Å²) in [5, 5.41) is 3.83. The lowest BCUT2D eigenvalue weighted by atomic mass is 10.2. The van der Waals surface area contributed by atoms with Crippen LogP contribution in [0.2, 0.25) is 0 Å². The van der Waals surface area contributed by atoms with Crippen molar-refractivity contribution in [3.63, 3.8) is 0 Å². The van der Waals surface area contributed by atoms with Crippen molar-refractivity contribution in [1.82, 2.24) is 4.98 Å². The molecule has 0 atom stereocenters. The number of nitrogens with one attached hydrogen (secondary N) is 1. The van der Waals surface area contributed by atoms with Gasteiger partial charge in [-0.25, -0.2) is 0 Å². The van der Waals surface area contributed by atoms with Gasteiger partial charge in [0.2, 0.25) is 0 Å². The first kappa shape index (κ1) is 12.2. The van der Waals surface area contributed by atoms with Crippen LogP contribution in [-0.4, -0.2) is 10.9 Å². The molecule has 2 heterocycles. The Bertz CT molecular complexity index is 738. The lowest BCUT2D eigenvalue weighted by Crippen LogP contribution is -2.11. The molecule has 0 aliphatic rings. The van der Waals surface area contributed by atoms with E-state index < -0.39 is 0 Å². The second kappa shape index (κ2) is 5.00. The maximum absolute atomic E-state index is 12.0. The minimum absolute atomic E-state index is 0.279. The van der Waals surface area contributed by atoms with Gasteiger partial charge in [0, 0.05) is 15.2 Å². The van der Waals surface area contributed by atoms with Crippen LogP contribution in [0.15, 0.2) is 53.3 Å². The molecule has 0 fully saturated rings. The van der Waals surface area contributed by atoms with Gasteiger partial charge in [-0.05, 0) is 52.9 Å². The van der Waals surface area contributed by atoms with Crippen LogP contribution >= 0.6 is 22.6 Å². The molecule has 2 aromatic heterocycles. The molecular weight excluding hydrogens is 355 g/mol. The minimum atomic E-state index is -0.279. The summed E-state index contributed by atoms with van der Waals surface area (Å²) in [6.07, 6.45) is 3.18. The molecule has 3 aromatic rings. The highest BCUT2D eigenvalue weighted by atomic mass is 127. The van der Waals surface area contributed by atoms with Crippen molar-refractivity contribution >= 4 is 45.1 Å². The van der Waals surface area contributed by atoms with Crippen LogP contribution in [0, 0.1) is 3.57 Å². The lowest BCUT2D eigenvalue weighted by Gasteiger charge is -2.07. The van der Waals surface area contributed by atoms with E-state index in [9.17, 15) is 4.79 Å². The topological polar surface area (TPSA) is 55.1 Å². The van der Waals surface area contributed by atoms with E-state index in [0.29, 0.717) is 5.69 Å². The number of carbonyl (C=O) groups is 1. The molecule has 1 N–H and O–H groups in total. The molecule has 94 valence electrons. The van der Waals surface area contributed by atoms with E-state index in [1.165, 1.54) is 6.26 Å². The van der Waals surface area contributed by atoms with Gasteiger partial charge < -0.3 is 9.73 Å². The number of rotatable bonds is 2. The van der Waals surface area contributed by atoms with Crippen LogP contribution < -0.4 is 5.32 Å². The van der Waals surface area contributed by atoms with Gasteiger partial charge in [0.15, 0.2) is 5.76 Å². The Morgan fingerprint density at radius 1 is 1.21 bits per heavy atom. The second-order valence-corrected chi connectivity index (χ2v) is 5.09. The summed E-state index contributed by atoms with van der Waals surface area (Å²) in [7, 11) is 0. The van der Waals surface area contributed by atoms with Gasteiger partial charge in [-0.15, -0.1) is 0 Å². The summed E-state index contributed by atoms with van der Waals surface area (Å²) < 4.78 is 6.16. The number of furan rings is 1. The highest BCUT2D eigenvalue weighted by Gasteiger charge is 2.12. The number of halogens is 1. The number of amides is 1. The average Bonchev–Trinajstić information content (AvgIpc) is 2.96. The zero-order valence-electron chi connectivity index (χ0n) is 9.76. The van der Waals surface area contributed by atoms with E-state index in [4.69, 9.17) is 4.42 Å². The number of carbonyl (C=O) groups excluding carboxylic acids is 1. The molecule has 19 heavy (non-hydrogen) atoms. The molecule has 1 aromatic carbocycles. The Hall–Kier alpha value is -1.89. The summed E-state index contributed by atoms with van der Waals surface area (Å²) >= 11 is 2.25. The first-order valence-corrected chi connectivity index (χ1v) is 6.71. The molecule has 0 aliphatic heterocycles. The molecule has 0 bridgehead atoms. The molecule has 3 rings (SSSR count). The molecule has 4 nitrogen and oxygen atoms in total. The van der Waals surface area contributed by atoms with Crippen LogP contribution in [0.1, 0.15) is 10.6 Å². The Balaban J connectivity index is 2.02. The first-order valence-electron chi connectivity index (χ1n) is 5.64. The Kier molecular flexibility index (Phi) is 3.20. The quantitative estimate of drug-likeness (QED) is 0.706. The fraction of sp³-hybridized carbons (Fsp3) is 0. The molecule has 0 aliphatic carbocycles. The number of hydrogen-bond acceptors (Lipinski definition) is 3. The number of nitrogens with zero attached hydrogens (tertiary/aromatic N) is 1. The Labute approximate surface area is 123 Å². The van der Waals surface area contributed by atoms with E-state index >= 15 is 0 Å². The zero-order valence-corrected chi connectivity index (χ0v) is 11.9. The smallest absolute Gasteiger partial charge is 0.291 e. The van der Waals surface area contributed by atoms with Crippen LogP contribution in [0.3, 0.4) is 0 Å². The van der Waals surface area contributed by atoms with Crippen molar-refractivity contribution < 1.29 is 9.21 Å². The highest BCUT2D eigenvalue weighted by Crippen LogP contribution is 2.26. The third-order valence-corrected chi connectivity index (χ3v) is 3.65. The maximum Gasteiger partial charge on any atom is 0.291 e. The normalized spacial score (nSPS) is 10.6. The summed E-state index contributed by atoms with van der Waals surface area (Å²) in [6, 6.07) is 11.0. The van der Waals surface area contributed by atoms with E-state index in [0.717, 1.165) is 14.5 Å². The van der Waals surface area contributed by atoms with Crippen molar-refractivity contribution in [2.24, 2.45) is 0 Å². The third kappa shape index (κ3) is 2.33. The number of aromatic nitrogens is 1. The van der Waals surface area contributed by atoms with Crippen molar-refractivity contribution in [1.29, 1.82) is 0 Å². The summed E-state index contributed by atoms with van der Waals surface area (Å²) in [5.74, 6) is 0.000734. The first-order chi connectivity index (χ1) is 9.25. The van der Waals surface area contributed by atoms with Gasteiger partial charge >= 0.3 is 0 Å². The number of hydrogen-bond donors (Lipinski definition) is 1. The Morgan fingerprint density at radius 3 is 2.89 bits per heavy atom. The van der Waals surface area contributed by atoms with Crippen molar-refractivity contribution in [3.8, 4) is 0 Å². The third-order valence-electron chi connectivity index (χ3n) is 2.71. The molecule has 0 spiro atoms. The van der Waals surface area contributed by atoms with Gasteiger partial charge in [-0.1, -0.05) is 6.07 Å².